The van der Waals surface area contributed by atoms with E-state index in [0.717, 1.165) is 6.54 Å². The van der Waals surface area contributed by atoms with Crippen molar-refractivity contribution in [3.8, 4) is 0 Å². The summed E-state index contributed by atoms with van der Waals surface area (Å²) in [6, 6.07) is 4.49. The molecule has 1 aliphatic heterocycles. The first-order valence-electron chi connectivity index (χ1n) is 5.72. The van der Waals surface area contributed by atoms with Crippen LogP contribution in [-0.2, 0) is 19.5 Å². The molecule has 1 aromatic carbocycles. The molecule has 0 aliphatic carbocycles. The van der Waals surface area contributed by atoms with E-state index in [4.69, 9.17) is 5.73 Å². The maximum absolute atomic E-state index is 5.76. The van der Waals surface area contributed by atoms with Crippen LogP contribution in [0.1, 0.15) is 23.2 Å². The summed E-state index contributed by atoms with van der Waals surface area (Å²) in [5.41, 5.74) is 11.2. The van der Waals surface area contributed by atoms with Gasteiger partial charge in [-0.1, -0.05) is 6.07 Å². The summed E-state index contributed by atoms with van der Waals surface area (Å²) in [6.45, 7) is 3.95. The van der Waals surface area contributed by atoms with Crippen LogP contribution in [0.5, 0.6) is 0 Å². The zero-order valence-corrected chi connectivity index (χ0v) is 11.0. The second-order valence-electron chi connectivity index (χ2n) is 4.51. The van der Waals surface area contributed by atoms with E-state index in [2.05, 4.69) is 39.6 Å². The van der Waals surface area contributed by atoms with Gasteiger partial charge in [-0.15, -0.1) is 0 Å². The molecule has 3 rings (SSSR count). The van der Waals surface area contributed by atoms with Gasteiger partial charge in [-0.3, -0.25) is 0 Å². The molecule has 2 heterocycles. The quantitative estimate of drug-likeness (QED) is 0.854. The third-order valence-corrected chi connectivity index (χ3v) is 4.54. The van der Waals surface area contributed by atoms with Gasteiger partial charge in [0.2, 0.25) is 0 Å². The third-order valence-electron chi connectivity index (χ3n) is 3.54. The first-order chi connectivity index (χ1) is 7.72. The fraction of sp³-hybridized carbons (Fsp3) is 0.385. The topological polar surface area (TPSA) is 30.9 Å². The molecule has 0 saturated heterocycles. The van der Waals surface area contributed by atoms with Crippen LogP contribution in [-0.4, -0.2) is 4.57 Å². The molecule has 1 aliphatic rings. The van der Waals surface area contributed by atoms with Crippen molar-refractivity contribution in [2.45, 2.75) is 32.9 Å². The summed E-state index contributed by atoms with van der Waals surface area (Å²) in [6.07, 6.45) is 2.41. The van der Waals surface area contributed by atoms with E-state index in [1.165, 1.54) is 45.0 Å². The first kappa shape index (κ1) is 10.4. The highest BCUT2D eigenvalue weighted by molar-refractivity contribution is 9.10. The van der Waals surface area contributed by atoms with Gasteiger partial charge < -0.3 is 10.3 Å². The van der Waals surface area contributed by atoms with E-state index in [9.17, 15) is 0 Å². The Morgan fingerprint density at radius 2 is 2.25 bits per heavy atom. The van der Waals surface area contributed by atoms with Gasteiger partial charge in [-0.2, -0.15) is 0 Å². The van der Waals surface area contributed by atoms with Crippen molar-refractivity contribution >= 4 is 26.8 Å². The van der Waals surface area contributed by atoms with Crippen LogP contribution < -0.4 is 5.73 Å². The minimum Gasteiger partial charge on any atom is -0.343 e. The number of hydrogen-bond acceptors (Lipinski definition) is 1. The molecule has 0 atom stereocenters. The molecular weight excluding hydrogens is 264 g/mol. The minimum absolute atomic E-state index is 0.625. The van der Waals surface area contributed by atoms with Gasteiger partial charge in [0, 0.05) is 28.6 Å². The summed E-state index contributed by atoms with van der Waals surface area (Å²) in [4.78, 5) is 0. The number of nitrogens with two attached hydrogens (primary N) is 1. The normalized spacial score (nSPS) is 14.7. The number of benzene rings is 1. The number of aryl methyl sites for hydroxylation is 2. The van der Waals surface area contributed by atoms with Gasteiger partial charge in [-0.05, 0) is 52.9 Å². The second-order valence-corrected chi connectivity index (χ2v) is 5.30. The van der Waals surface area contributed by atoms with Crippen molar-refractivity contribution in [1.29, 1.82) is 0 Å². The number of halogens is 1. The molecule has 0 saturated carbocycles. The summed E-state index contributed by atoms with van der Waals surface area (Å²) in [5, 5.41) is 1.33. The maximum atomic E-state index is 5.76. The predicted octanol–water partition coefficient (Wildman–Crippen LogP) is 3.12. The van der Waals surface area contributed by atoms with Crippen molar-refractivity contribution < 1.29 is 0 Å². The molecule has 1 aromatic heterocycles. The lowest BCUT2D eigenvalue weighted by Gasteiger charge is -2.17. The van der Waals surface area contributed by atoms with Crippen molar-refractivity contribution in [3.05, 3.63) is 33.4 Å². The fourth-order valence-corrected chi connectivity index (χ4v) is 3.26. The largest absolute Gasteiger partial charge is 0.343 e. The van der Waals surface area contributed by atoms with Crippen molar-refractivity contribution in [2.24, 2.45) is 5.73 Å². The smallest absolute Gasteiger partial charge is 0.0526 e. The molecule has 0 unspecified atom stereocenters. The Balaban J connectivity index is 2.45. The van der Waals surface area contributed by atoms with Crippen molar-refractivity contribution in [3.63, 3.8) is 0 Å². The molecule has 2 N–H and O–H groups in total. The Hall–Kier alpha value is -0.800. The number of rotatable bonds is 1. The van der Waals surface area contributed by atoms with E-state index in [0.29, 0.717) is 6.54 Å². The van der Waals surface area contributed by atoms with E-state index in [1.54, 1.807) is 0 Å². The highest BCUT2D eigenvalue weighted by atomic mass is 79.9. The Morgan fingerprint density at radius 1 is 1.44 bits per heavy atom. The van der Waals surface area contributed by atoms with Gasteiger partial charge in [0.05, 0.1) is 5.52 Å². The van der Waals surface area contributed by atoms with Gasteiger partial charge in [0.1, 0.15) is 0 Å². The van der Waals surface area contributed by atoms with Crippen LogP contribution >= 0.6 is 15.9 Å². The van der Waals surface area contributed by atoms with Gasteiger partial charge >= 0.3 is 0 Å². The van der Waals surface area contributed by atoms with Crippen LogP contribution in [0.2, 0.25) is 0 Å². The lowest BCUT2D eigenvalue weighted by Crippen LogP contribution is -2.09. The highest BCUT2D eigenvalue weighted by Crippen LogP contribution is 2.36. The van der Waals surface area contributed by atoms with Crippen molar-refractivity contribution in [2.75, 3.05) is 0 Å². The maximum Gasteiger partial charge on any atom is 0.0526 e. The molecule has 3 heteroatoms. The molecule has 84 valence electrons. The molecular formula is C13H15BrN2. The Labute approximate surface area is 104 Å². The van der Waals surface area contributed by atoms with E-state index < -0.39 is 0 Å². The fourth-order valence-electron chi connectivity index (χ4n) is 2.74. The summed E-state index contributed by atoms with van der Waals surface area (Å²) in [7, 11) is 0. The van der Waals surface area contributed by atoms with Gasteiger partial charge in [0.15, 0.2) is 0 Å². The molecule has 0 spiro atoms. The molecule has 0 radical (unpaired) electrons. The SMILES string of the molecule is Cc1c(Br)c2cc(CN)cc3c2n1CCC3. The molecule has 0 bridgehead atoms. The van der Waals surface area contributed by atoms with Crippen LogP contribution in [0.25, 0.3) is 10.9 Å². The highest BCUT2D eigenvalue weighted by Gasteiger charge is 2.19. The molecule has 2 aromatic rings. The zero-order chi connectivity index (χ0) is 11.3. The Bertz CT molecular complexity index is 569. The van der Waals surface area contributed by atoms with Gasteiger partial charge in [-0.25, -0.2) is 0 Å². The lowest BCUT2D eigenvalue weighted by atomic mass is 10.0. The Morgan fingerprint density at radius 3 is 3.00 bits per heavy atom. The van der Waals surface area contributed by atoms with Crippen LogP contribution in [0, 0.1) is 6.92 Å². The van der Waals surface area contributed by atoms with E-state index >= 15 is 0 Å². The number of hydrogen-bond donors (Lipinski definition) is 1. The average molecular weight is 279 g/mol. The van der Waals surface area contributed by atoms with Crippen LogP contribution in [0.3, 0.4) is 0 Å². The minimum atomic E-state index is 0.625. The summed E-state index contributed by atoms with van der Waals surface area (Å²) >= 11 is 3.71. The monoisotopic (exact) mass is 278 g/mol. The number of aromatic nitrogens is 1. The molecule has 2 nitrogen and oxygen atoms in total. The van der Waals surface area contributed by atoms with E-state index in [-0.39, 0.29) is 0 Å². The summed E-state index contributed by atoms with van der Waals surface area (Å²) in [5.74, 6) is 0. The third kappa shape index (κ3) is 1.28. The molecule has 0 amide bonds. The predicted molar refractivity (Wildman–Crippen MR) is 70.6 cm³/mol. The lowest BCUT2D eigenvalue weighted by molar-refractivity contribution is 0.622. The van der Waals surface area contributed by atoms with Gasteiger partial charge in [0.25, 0.3) is 0 Å². The standard InChI is InChI=1S/C13H15BrN2/c1-8-12(14)11-6-9(7-15)5-10-3-2-4-16(8)13(10)11/h5-6H,2-4,7,15H2,1H3. The Kier molecular flexibility index (Phi) is 2.33. The van der Waals surface area contributed by atoms with E-state index in [1.807, 2.05) is 0 Å². The molecule has 16 heavy (non-hydrogen) atoms. The average Bonchev–Trinajstić information content (AvgIpc) is 2.56. The second kappa shape index (κ2) is 3.60. The number of nitrogens with zero attached hydrogens (tertiary/aromatic N) is 1. The first-order valence-corrected chi connectivity index (χ1v) is 6.52. The van der Waals surface area contributed by atoms with Crippen LogP contribution in [0.4, 0.5) is 0 Å². The zero-order valence-electron chi connectivity index (χ0n) is 9.39. The molecule has 0 fully saturated rings. The van der Waals surface area contributed by atoms with Crippen LogP contribution in [0.15, 0.2) is 16.6 Å². The summed E-state index contributed by atoms with van der Waals surface area (Å²) < 4.78 is 3.67. The van der Waals surface area contributed by atoms with Crippen molar-refractivity contribution in [1.82, 2.24) is 4.57 Å².